The fraction of sp³-hybridized carbons (Fsp3) is 0.438. The van der Waals surface area contributed by atoms with E-state index < -0.39 is 35.1 Å². The molecule has 5 amide bonds. The average molecular weight is 835 g/mol. The molecule has 2 N–H and O–H groups in total. The van der Waals surface area contributed by atoms with Gasteiger partial charge in [-0.05, 0) is 105 Å². The number of amides is 5. The van der Waals surface area contributed by atoms with Gasteiger partial charge < -0.3 is 19.9 Å². The van der Waals surface area contributed by atoms with Crippen LogP contribution in [0.4, 0.5) is 11.4 Å². The first kappa shape index (κ1) is 39.8. The van der Waals surface area contributed by atoms with Crippen LogP contribution in [0.3, 0.4) is 0 Å². The molecule has 3 saturated heterocycles. The van der Waals surface area contributed by atoms with Crippen LogP contribution in [0.15, 0.2) is 66.9 Å². The summed E-state index contributed by atoms with van der Waals surface area (Å²) in [7, 11) is 0. The number of hydrogen-bond donors (Lipinski definition) is 2. The zero-order valence-corrected chi connectivity index (χ0v) is 35.4. The number of nitriles is 1. The second-order valence-electron chi connectivity index (χ2n) is 18.8. The predicted octanol–water partition coefficient (Wildman–Crippen LogP) is 4.79. The van der Waals surface area contributed by atoms with Gasteiger partial charge in [-0.15, -0.1) is 0 Å². The number of aromatic nitrogens is 1. The normalized spacial score (nSPS) is 26.9. The maximum absolute atomic E-state index is 13.9. The predicted molar refractivity (Wildman–Crippen MR) is 231 cm³/mol. The molecule has 318 valence electrons. The quantitative estimate of drug-likeness (QED) is 0.246. The van der Waals surface area contributed by atoms with Gasteiger partial charge in [0.25, 0.3) is 17.7 Å². The van der Waals surface area contributed by atoms with Gasteiger partial charge in [0.2, 0.25) is 11.8 Å². The number of anilines is 2. The van der Waals surface area contributed by atoms with Crippen molar-refractivity contribution in [1.29, 1.82) is 5.26 Å². The lowest BCUT2D eigenvalue weighted by molar-refractivity contribution is -0.136. The molecule has 1 aromatic heterocycles. The van der Waals surface area contributed by atoms with Gasteiger partial charge >= 0.3 is 0 Å². The SMILES string of the molecule is C[C@@H]1CN(c2ccc3c(c2)C(=O)N(C2CCC(=O)NC2=O)C3=O)CCN1CC1CCN(c2ccc(C(=O)NC3C(C)(C)[C@@H]4Oc5ccc(C#N)c6nccc(c56)C34C)cc2)CC1. The molecular formula is C48H50N8O6. The molecule has 3 unspecified atom stereocenters. The monoisotopic (exact) mass is 834 g/mol. The smallest absolute Gasteiger partial charge is 0.262 e. The summed E-state index contributed by atoms with van der Waals surface area (Å²) >= 11 is 0. The molecule has 1 saturated carbocycles. The van der Waals surface area contributed by atoms with Crippen molar-refractivity contribution in [1.82, 2.24) is 25.4 Å². The minimum absolute atomic E-state index is 0.0878. The average Bonchev–Trinajstić information content (AvgIpc) is 3.52. The highest BCUT2D eigenvalue weighted by molar-refractivity contribution is 6.23. The minimum Gasteiger partial charge on any atom is -0.488 e. The number of nitrogens with one attached hydrogen (secondary N) is 2. The highest BCUT2D eigenvalue weighted by Gasteiger charge is 2.69. The van der Waals surface area contributed by atoms with Crippen molar-refractivity contribution in [3.05, 3.63) is 94.7 Å². The van der Waals surface area contributed by atoms with E-state index in [4.69, 9.17) is 4.74 Å². The summed E-state index contributed by atoms with van der Waals surface area (Å²) in [5.74, 6) is -0.817. The van der Waals surface area contributed by atoms with Crippen molar-refractivity contribution in [3.63, 3.8) is 0 Å². The summed E-state index contributed by atoms with van der Waals surface area (Å²) in [4.78, 5) is 77.4. The highest BCUT2D eigenvalue weighted by atomic mass is 16.5. The third kappa shape index (κ3) is 6.14. The Morgan fingerprint density at radius 3 is 2.37 bits per heavy atom. The Morgan fingerprint density at radius 2 is 1.65 bits per heavy atom. The molecule has 1 aliphatic carbocycles. The van der Waals surface area contributed by atoms with Crippen LogP contribution in [0, 0.1) is 22.7 Å². The van der Waals surface area contributed by atoms with Crippen molar-refractivity contribution in [3.8, 4) is 11.8 Å². The Bertz CT molecular complexity index is 2610. The summed E-state index contributed by atoms with van der Waals surface area (Å²) in [6.07, 6.45) is 3.95. The zero-order valence-electron chi connectivity index (χ0n) is 35.4. The zero-order chi connectivity index (χ0) is 43.2. The Hall–Kier alpha value is -6.33. The molecule has 0 spiro atoms. The molecule has 3 aromatic carbocycles. The van der Waals surface area contributed by atoms with Crippen LogP contribution in [0.2, 0.25) is 0 Å². The third-order valence-electron chi connectivity index (χ3n) is 14.8. The van der Waals surface area contributed by atoms with Gasteiger partial charge in [-0.3, -0.25) is 44.1 Å². The van der Waals surface area contributed by atoms with E-state index in [9.17, 15) is 29.2 Å². The topological polar surface area (TPSA) is 168 Å². The van der Waals surface area contributed by atoms with Gasteiger partial charge in [-0.25, -0.2) is 0 Å². The van der Waals surface area contributed by atoms with Crippen LogP contribution >= 0.6 is 0 Å². The summed E-state index contributed by atoms with van der Waals surface area (Å²) in [5.41, 5.74) is 4.51. The van der Waals surface area contributed by atoms with E-state index >= 15 is 0 Å². The number of ether oxygens (including phenoxy) is 1. The van der Waals surface area contributed by atoms with E-state index in [2.05, 4.69) is 76.2 Å². The van der Waals surface area contributed by atoms with Gasteiger partial charge in [-0.2, -0.15) is 5.26 Å². The molecule has 5 aliphatic heterocycles. The lowest BCUT2D eigenvalue weighted by atomic mass is 9.45. The van der Waals surface area contributed by atoms with Crippen LogP contribution in [-0.2, 0) is 15.0 Å². The van der Waals surface area contributed by atoms with Crippen LogP contribution in [0.25, 0.3) is 10.9 Å². The van der Waals surface area contributed by atoms with Crippen molar-refractivity contribution in [2.45, 2.75) is 83.0 Å². The summed E-state index contributed by atoms with van der Waals surface area (Å²) in [6, 6.07) is 20.3. The number of benzene rings is 3. The maximum atomic E-state index is 13.9. The Balaban J connectivity index is 0.729. The largest absolute Gasteiger partial charge is 0.488 e. The molecule has 0 radical (unpaired) electrons. The molecule has 5 atom stereocenters. The molecule has 62 heavy (non-hydrogen) atoms. The van der Waals surface area contributed by atoms with Crippen LogP contribution in [0.1, 0.15) is 95.6 Å². The van der Waals surface area contributed by atoms with Crippen molar-refractivity contribution in [2.24, 2.45) is 11.3 Å². The number of piperazine rings is 1. The lowest BCUT2D eigenvalue weighted by Crippen LogP contribution is -2.78. The molecule has 6 aliphatic rings. The van der Waals surface area contributed by atoms with Crippen molar-refractivity contribution >= 4 is 51.8 Å². The number of fused-ring (bicyclic) bond motifs is 3. The highest BCUT2D eigenvalue weighted by Crippen LogP contribution is 2.61. The van der Waals surface area contributed by atoms with E-state index in [1.807, 2.05) is 30.3 Å². The van der Waals surface area contributed by atoms with E-state index in [0.29, 0.717) is 33.7 Å². The second-order valence-corrected chi connectivity index (χ2v) is 18.8. The molecule has 14 nitrogen and oxygen atoms in total. The van der Waals surface area contributed by atoms with E-state index in [0.717, 1.165) is 85.1 Å². The third-order valence-corrected chi connectivity index (χ3v) is 14.8. The molecule has 0 bridgehead atoms. The van der Waals surface area contributed by atoms with Crippen LogP contribution < -0.4 is 25.2 Å². The standard InChI is InChI=1S/C48H50N8O6/c1-27-25-55(32-10-11-33-34(23-32)44(61)56(43(33)60)36-12-14-38(57)51-42(36)59)22-21-54(27)26-28-16-19-53(20-17-28)31-8-5-29(6-9-31)41(58)52-45-47(2,3)46-48(45,4)35-15-18-50-40-30(24-49)7-13-37(62-46)39(35)40/h5-11,13,15,18,23,27-28,36,45-46H,12,14,16-17,19-22,25-26H2,1-4H3,(H,52,58)(H,51,57,59)/t27-,36?,45?,46+,48?/m1/s1. The molecule has 10 rings (SSSR count). The summed E-state index contributed by atoms with van der Waals surface area (Å²) in [5, 5.41) is 16.2. The van der Waals surface area contributed by atoms with Crippen LogP contribution in [-0.4, -0.2) is 108 Å². The van der Waals surface area contributed by atoms with E-state index in [-0.39, 0.29) is 42.4 Å². The molecule has 6 heterocycles. The first-order valence-corrected chi connectivity index (χ1v) is 21.8. The second kappa shape index (κ2) is 14.7. The summed E-state index contributed by atoms with van der Waals surface area (Å²) in [6.45, 7) is 14.0. The van der Waals surface area contributed by atoms with Gasteiger partial charge in [0, 0.05) is 85.7 Å². The number of rotatable bonds is 7. The number of hydrogen-bond acceptors (Lipinski definition) is 11. The fourth-order valence-electron chi connectivity index (χ4n) is 11.6. The first-order valence-electron chi connectivity index (χ1n) is 21.8. The molecule has 4 fully saturated rings. The van der Waals surface area contributed by atoms with Gasteiger partial charge in [0.05, 0.1) is 33.7 Å². The molecular weight excluding hydrogens is 785 g/mol. The number of piperidine rings is 2. The number of nitrogens with zero attached hydrogens (tertiary/aromatic N) is 6. The van der Waals surface area contributed by atoms with Gasteiger partial charge in [-0.1, -0.05) is 13.8 Å². The van der Waals surface area contributed by atoms with Gasteiger partial charge in [0.15, 0.2) is 0 Å². The Kier molecular flexibility index (Phi) is 9.40. The number of pyridine rings is 1. The molecule has 4 aromatic rings. The van der Waals surface area contributed by atoms with E-state index in [1.54, 1.807) is 24.4 Å². The Labute approximate surface area is 360 Å². The number of carbonyl (C=O) groups is 5. The number of carbonyl (C=O) groups excluding carboxylic acids is 5. The van der Waals surface area contributed by atoms with Gasteiger partial charge in [0.1, 0.15) is 24.0 Å². The molecule has 14 heteroatoms. The number of imide groups is 2. The fourth-order valence-corrected chi connectivity index (χ4v) is 11.6. The minimum atomic E-state index is -0.981. The van der Waals surface area contributed by atoms with Crippen molar-refractivity contribution < 1.29 is 28.7 Å². The first-order chi connectivity index (χ1) is 29.8. The maximum Gasteiger partial charge on any atom is 0.262 e. The Morgan fingerprint density at radius 1 is 0.903 bits per heavy atom. The van der Waals surface area contributed by atoms with E-state index in [1.165, 1.54) is 0 Å². The van der Waals surface area contributed by atoms with Crippen molar-refractivity contribution in [2.75, 3.05) is 49.1 Å². The summed E-state index contributed by atoms with van der Waals surface area (Å²) < 4.78 is 6.59. The lowest BCUT2D eigenvalue weighted by Gasteiger charge is -2.66. The van der Waals surface area contributed by atoms with Crippen LogP contribution in [0.5, 0.6) is 5.75 Å².